The largest absolute Gasteiger partial charge is 0.489 e. The van der Waals surface area contributed by atoms with Crippen molar-refractivity contribution in [2.75, 3.05) is 0 Å². The Hall–Kier alpha value is -2.07. The number of rotatable bonds is 7. The van der Waals surface area contributed by atoms with Crippen LogP contribution in [0.5, 0.6) is 5.75 Å². The summed E-state index contributed by atoms with van der Waals surface area (Å²) < 4.78 is 5.85. The average molecular weight is 375 g/mol. The van der Waals surface area contributed by atoms with Gasteiger partial charge in [-0.15, -0.1) is 12.4 Å². The van der Waals surface area contributed by atoms with Gasteiger partial charge in [-0.1, -0.05) is 41.9 Å². The molecule has 0 fully saturated rings. The van der Waals surface area contributed by atoms with Crippen molar-refractivity contribution in [3.63, 3.8) is 0 Å². The first kappa shape index (κ1) is 19.3. The van der Waals surface area contributed by atoms with Crippen molar-refractivity contribution in [1.82, 2.24) is 10.3 Å². The molecule has 1 aromatic heterocycles. The minimum Gasteiger partial charge on any atom is -0.489 e. The lowest BCUT2D eigenvalue weighted by Crippen LogP contribution is -2.13. The van der Waals surface area contributed by atoms with Gasteiger partial charge in [-0.3, -0.25) is 4.98 Å². The summed E-state index contributed by atoms with van der Waals surface area (Å²) in [6.45, 7) is 2.05. The van der Waals surface area contributed by atoms with Crippen molar-refractivity contribution in [1.29, 1.82) is 0 Å². The minimum atomic E-state index is 0. The number of halogens is 2. The Labute approximate surface area is 159 Å². The van der Waals surface area contributed by atoms with E-state index in [1.54, 1.807) is 0 Å². The molecule has 0 aliphatic heterocycles. The molecule has 25 heavy (non-hydrogen) atoms. The molecule has 0 saturated carbocycles. The van der Waals surface area contributed by atoms with Crippen LogP contribution >= 0.6 is 24.0 Å². The lowest BCUT2D eigenvalue weighted by atomic mass is 10.2. The molecule has 5 heteroatoms. The van der Waals surface area contributed by atoms with Crippen LogP contribution in [0.1, 0.15) is 16.8 Å². The highest BCUT2D eigenvalue weighted by Crippen LogP contribution is 2.16. The lowest BCUT2D eigenvalue weighted by molar-refractivity contribution is 0.306. The highest BCUT2D eigenvalue weighted by molar-refractivity contribution is 6.30. The van der Waals surface area contributed by atoms with Gasteiger partial charge in [0.25, 0.3) is 0 Å². The number of hydrogen-bond acceptors (Lipinski definition) is 3. The Bertz CT molecular complexity index is 764. The molecule has 0 amide bonds. The fourth-order valence-corrected chi connectivity index (χ4v) is 2.46. The van der Waals surface area contributed by atoms with Crippen LogP contribution in [-0.2, 0) is 19.7 Å². The minimum absolute atomic E-state index is 0. The molecule has 0 radical (unpaired) electrons. The second-order valence-corrected chi connectivity index (χ2v) is 5.92. The Morgan fingerprint density at radius 3 is 2.48 bits per heavy atom. The number of nitrogens with one attached hydrogen (secondary N) is 1. The van der Waals surface area contributed by atoms with Gasteiger partial charge in [-0.2, -0.15) is 0 Å². The first-order valence-electron chi connectivity index (χ1n) is 7.86. The van der Waals surface area contributed by atoms with Gasteiger partial charge in [0.05, 0.1) is 5.69 Å². The summed E-state index contributed by atoms with van der Waals surface area (Å²) in [6.07, 6.45) is 1.81. The summed E-state index contributed by atoms with van der Waals surface area (Å²) in [7, 11) is 0. The molecule has 0 aliphatic carbocycles. The van der Waals surface area contributed by atoms with Gasteiger partial charge in [-0.05, 0) is 47.5 Å². The standard InChI is InChI=1S/C20H19ClN2O.ClH/c21-18-9-7-16(8-10-18)15-24-20-6-3-4-17(12-20)13-22-14-19-5-1-2-11-23-19;/h1-12,22H,13-15H2;1H. The van der Waals surface area contributed by atoms with Gasteiger partial charge < -0.3 is 10.1 Å². The highest BCUT2D eigenvalue weighted by Gasteiger charge is 2.00. The third-order valence-corrected chi connectivity index (χ3v) is 3.83. The van der Waals surface area contributed by atoms with Crippen molar-refractivity contribution < 1.29 is 4.74 Å². The molecule has 0 unspecified atom stereocenters. The topological polar surface area (TPSA) is 34.1 Å². The van der Waals surface area contributed by atoms with Crippen LogP contribution < -0.4 is 10.1 Å². The van der Waals surface area contributed by atoms with Crippen LogP contribution in [-0.4, -0.2) is 4.98 Å². The predicted octanol–water partition coefficient (Wildman–Crippen LogP) is 5.03. The van der Waals surface area contributed by atoms with Gasteiger partial charge in [0.2, 0.25) is 0 Å². The van der Waals surface area contributed by atoms with Gasteiger partial charge >= 0.3 is 0 Å². The van der Waals surface area contributed by atoms with Crippen molar-refractivity contribution in [2.45, 2.75) is 19.7 Å². The monoisotopic (exact) mass is 374 g/mol. The van der Waals surface area contributed by atoms with Crippen molar-refractivity contribution in [3.8, 4) is 5.75 Å². The quantitative estimate of drug-likeness (QED) is 0.629. The van der Waals surface area contributed by atoms with Crippen LogP contribution in [0.3, 0.4) is 0 Å². The smallest absolute Gasteiger partial charge is 0.120 e. The van der Waals surface area contributed by atoms with E-state index in [9.17, 15) is 0 Å². The molecular formula is C20H20Cl2N2O. The third kappa shape index (κ3) is 6.39. The van der Waals surface area contributed by atoms with Gasteiger partial charge in [-0.25, -0.2) is 0 Å². The molecule has 3 rings (SSSR count). The van der Waals surface area contributed by atoms with E-state index in [1.807, 2.05) is 60.8 Å². The second-order valence-electron chi connectivity index (χ2n) is 5.49. The normalized spacial score (nSPS) is 10.1. The predicted molar refractivity (Wildman–Crippen MR) is 104 cm³/mol. The van der Waals surface area contributed by atoms with E-state index >= 15 is 0 Å². The number of hydrogen-bond donors (Lipinski definition) is 1. The summed E-state index contributed by atoms with van der Waals surface area (Å²) in [6, 6.07) is 21.7. The van der Waals surface area contributed by atoms with Crippen LogP contribution in [0.4, 0.5) is 0 Å². The zero-order chi connectivity index (χ0) is 16.6. The van der Waals surface area contributed by atoms with E-state index < -0.39 is 0 Å². The van der Waals surface area contributed by atoms with E-state index in [0.29, 0.717) is 6.61 Å². The SMILES string of the molecule is Cl.Clc1ccc(COc2cccc(CNCc3ccccn3)c2)cc1. The maximum absolute atomic E-state index is 5.89. The number of benzene rings is 2. The molecule has 130 valence electrons. The Balaban J connectivity index is 0.00000225. The van der Waals surface area contributed by atoms with Gasteiger partial charge in [0.15, 0.2) is 0 Å². The van der Waals surface area contributed by atoms with Gasteiger partial charge in [0, 0.05) is 24.3 Å². The summed E-state index contributed by atoms with van der Waals surface area (Å²) in [5.74, 6) is 0.863. The molecule has 3 nitrogen and oxygen atoms in total. The van der Waals surface area contributed by atoms with Crippen LogP contribution in [0.25, 0.3) is 0 Å². The maximum Gasteiger partial charge on any atom is 0.120 e. The molecule has 2 aromatic carbocycles. The summed E-state index contributed by atoms with van der Waals surface area (Å²) in [5, 5.41) is 4.13. The number of pyridine rings is 1. The van der Waals surface area contributed by atoms with E-state index in [-0.39, 0.29) is 12.4 Å². The van der Waals surface area contributed by atoms with E-state index in [4.69, 9.17) is 16.3 Å². The summed E-state index contributed by atoms with van der Waals surface area (Å²) in [4.78, 5) is 4.30. The Morgan fingerprint density at radius 2 is 1.72 bits per heavy atom. The van der Waals surface area contributed by atoms with E-state index in [1.165, 1.54) is 5.56 Å². The number of ether oxygens (including phenoxy) is 1. The maximum atomic E-state index is 5.89. The number of aromatic nitrogens is 1. The fourth-order valence-electron chi connectivity index (χ4n) is 2.33. The number of nitrogens with zero attached hydrogens (tertiary/aromatic N) is 1. The Kier molecular flexibility index (Phi) is 7.74. The van der Waals surface area contributed by atoms with E-state index in [0.717, 1.165) is 35.1 Å². The second kappa shape index (κ2) is 10.0. The van der Waals surface area contributed by atoms with Crippen molar-refractivity contribution in [2.24, 2.45) is 0 Å². The highest BCUT2D eigenvalue weighted by atomic mass is 35.5. The van der Waals surface area contributed by atoms with Crippen LogP contribution in [0, 0.1) is 0 Å². The molecule has 0 atom stereocenters. The van der Waals surface area contributed by atoms with Gasteiger partial charge in [0.1, 0.15) is 12.4 Å². The van der Waals surface area contributed by atoms with Crippen molar-refractivity contribution in [3.05, 3.63) is 94.8 Å². The first-order chi connectivity index (χ1) is 11.8. The fraction of sp³-hybridized carbons (Fsp3) is 0.150. The molecule has 1 N–H and O–H groups in total. The van der Waals surface area contributed by atoms with Crippen LogP contribution in [0.15, 0.2) is 72.9 Å². The zero-order valence-electron chi connectivity index (χ0n) is 13.7. The van der Waals surface area contributed by atoms with Crippen LogP contribution in [0.2, 0.25) is 5.02 Å². The zero-order valence-corrected chi connectivity index (χ0v) is 15.3. The third-order valence-electron chi connectivity index (χ3n) is 3.58. The molecule has 0 saturated heterocycles. The molecule has 0 aliphatic rings. The molecule has 0 bridgehead atoms. The molecule has 0 spiro atoms. The summed E-state index contributed by atoms with van der Waals surface area (Å²) >= 11 is 5.89. The molecule has 3 aromatic rings. The van der Waals surface area contributed by atoms with E-state index in [2.05, 4.69) is 22.4 Å². The van der Waals surface area contributed by atoms with Crippen molar-refractivity contribution >= 4 is 24.0 Å². The molecule has 1 heterocycles. The molecular weight excluding hydrogens is 355 g/mol. The average Bonchev–Trinajstić information content (AvgIpc) is 2.63. The lowest BCUT2D eigenvalue weighted by Gasteiger charge is -2.09. The summed E-state index contributed by atoms with van der Waals surface area (Å²) in [5.41, 5.74) is 3.31. The first-order valence-corrected chi connectivity index (χ1v) is 8.24. The Morgan fingerprint density at radius 1 is 0.880 bits per heavy atom.